The third-order valence-corrected chi connectivity index (χ3v) is 5.02. The highest BCUT2D eigenvalue weighted by Crippen LogP contribution is 2.23. The number of thioether (sulfide) groups is 1. The average Bonchev–Trinajstić information content (AvgIpc) is 3.15. The second-order valence-corrected chi connectivity index (χ2v) is 7.64. The molecule has 156 valence electrons. The molecule has 1 aromatic heterocycles. The smallest absolute Gasteiger partial charge is 0.312 e. The number of imide groups is 1. The van der Waals surface area contributed by atoms with Crippen molar-refractivity contribution in [3.05, 3.63) is 40.4 Å². The standard InChI is InChI=1S/C17H16N6O5S2/c1-9-19-16(29)23(22-9)8-13(24)21-18-7-10-2-4-11(5-3-10)28-14(25)6-12-15(26)20-17(27)30-12/h2-5,7,12H,6,8H2,1H3,(H,21,24)(H,19,22,29)(H,20,26,27)/b18-7+/t12-/m0/s1. The van der Waals surface area contributed by atoms with Crippen molar-refractivity contribution in [1.82, 2.24) is 25.5 Å². The number of hydrogen-bond donors (Lipinski definition) is 3. The Bertz CT molecular complexity index is 1080. The first-order valence-electron chi connectivity index (χ1n) is 8.58. The summed E-state index contributed by atoms with van der Waals surface area (Å²) in [4.78, 5) is 50.4. The fraction of sp³-hybridized carbons (Fsp3) is 0.235. The van der Waals surface area contributed by atoms with Crippen LogP contribution in [0, 0.1) is 11.7 Å². The van der Waals surface area contributed by atoms with Crippen LogP contribution in [0.15, 0.2) is 29.4 Å². The Morgan fingerprint density at radius 2 is 2.10 bits per heavy atom. The van der Waals surface area contributed by atoms with Crippen molar-refractivity contribution in [2.24, 2.45) is 5.10 Å². The summed E-state index contributed by atoms with van der Waals surface area (Å²) in [6.45, 7) is 1.68. The van der Waals surface area contributed by atoms with Gasteiger partial charge in [-0.2, -0.15) is 5.10 Å². The quantitative estimate of drug-likeness (QED) is 0.187. The molecule has 3 rings (SSSR count). The first-order valence-corrected chi connectivity index (χ1v) is 9.86. The Balaban J connectivity index is 1.46. The van der Waals surface area contributed by atoms with Gasteiger partial charge in [0.25, 0.3) is 11.1 Å². The third-order valence-electron chi connectivity index (χ3n) is 3.73. The molecular formula is C17H16N6O5S2. The third kappa shape index (κ3) is 5.84. The number of rotatable bonds is 7. The molecule has 2 heterocycles. The number of ether oxygens (including phenoxy) is 1. The Labute approximate surface area is 179 Å². The van der Waals surface area contributed by atoms with E-state index in [-0.39, 0.29) is 29.4 Å². The predicted octanol–water partition coefficient (Wildman–Crippen LogP) is 1.05. The maximum atomic E-state index is 11.9. The number of nitrogens with zero attached hydrogens (tertiary/aromatic N) is 3. The van der Waals surface area contributed by atoms with Gasteiger partial charge in [-0.05, 0) is 49.0 Å². The molecule has 0 unspecified atom stereocenters. The number of hydrazone groups is 1. The van der Waals surface area contributed by atoms with Crippen LogP contribution in [0.4, 0.5) is 4.79 Å². The highest BCUT2D eigenvalue weighted by atomic mass is 32.2. The molecule has 0 saturated carbocycles. The van der Waals surface area contributed by atoms with E-state index in [9.17, 15) is 19.2 Å². The number of benzene rings is 1. The van der Waals surface area contributed by atoms with Gasteiger partial charge in [0.1, 0.15) is 23.4 Å². The molecule has 30 heavy (non-hydrogen) atoms. The summed E-state index contributed by atoms with van der Waals surface area (Å²) in [6, 6.07) is 6.35. The molecule has 0 aliphatic carbocycles. The van der Waals surface area contributed by atoms with Crippen molar-refractivity contribution in [2.75, 3.05) is 0 Å². The summed E-state index contributed by atoms with van der Waals surface area (Å²) in [6.07, 6.45) is 1.21. The minimum absolute atomic E-state index is 0.0468. The highest BCUT2D eigenvalue weighted by molar-refractivity contribution is 8.15. The summed E-state index contributed by atoms with van der Waals surface area (Å²) in [5, 5.41) is 7.55. The fourth-order valence-corrected chi connectivity index (χ4v) is 3.46. The summed E-state index contributed by atoms with van der Waals surface area (Å²) in [7, 11) is 0. The van der Waals surface area contributed by atoms with Gasteiger partial charge >= 0.3 is 5.97 Å². The number of aryl methyl sites for hydroxylation is 1. The van der Waals surface area contributed by atoms with Crippen LogP contribution in [0.3, 0.4) is 0 Å². The first kappa shape index (κ1) is 21.4. The van der Waals surface area contributed by atoms with E-state index < -0.39 is 22.4 Å². The van der Waals surface area contributed by atoms with Gasteiger partial charge in [-0.25, -0.2) is 10.4 Å². The van der Waals surface area contributed by atoms with Gasteiger partial charge in [0.2, 0.25) is 10.7 Å². The molecule has 1 fully saturated rings. The van der Waals surface area contributed by atoms with Crippen LogP contribution in [-0.4, -0.2) is 49.3 Å². The molecule has 0 radical (unpaired) electrons. The van der Waals surface area contributed by atoms with Gasteiger partial charge in [-0.3, -0.25) is 34.3 Å². The minimum Gasteiger partial charge on any atom is -0.426 e. The van der Waals surface area contributed by atoms with E-state index in [2.05, 4.69) is 25.9 Å². The van der Waals surface area contributed by atoms with E-state index in [1.54, 1.807) is 31.2 Å². The van der Waals surface area contributed by atoms with Crippen molar-refractivity contribution in [3.63, 3.8) is 0 Å². The van der Waals surface area contributed by atoms with E-state index in [4.69, 9.17) is 17.0 Å². The number of carbonyl (C=O) groups is 4. The molecule has 3 N–H and O–H groups in total. The zero-order valence-electron chi connectivity index (χ0n) is 15.6. The monoisotopic (exact) mass is 448 g/mol. The molecule has 11 nitrogen and oxygen atoms in total. The zero-order chi connectivity index (χ0) is 21.7. The molecule has 1 atom stereocenters. The van der Waals surface area contributed by atoms with Gasteiger partial charge in [-0.1, -0.05) is 11.8 Å². The lowest BCUT2D eigenvalue weighted by atomic mass is 10.2. The normalized spacial score (nSPS) is 16.0. The van der Waals surface area contributed by atoms with Gasteiger partial charge < -0.3 is 4.74 Å². The zero-order valence-corrected chi connectivity index (χ0v) is 17.2. The number of esters is 1. The SMILES string of the molecule is Cc1nc(=S)n(CC(=O)N/N=C/c2ccc(OC(=O)C[C@@H]3SC(=O)NC3=O)cc2)[nH]1. The molecule has 13 heteroatoms. The average molecular weight is 448 g/mol. The van der Waals surface area contributed by atoms with E-state index in [0.717, 1.165) is 11.8 Å². The van der Waals surface area contributed by atoms with Crippen LogP contribution in [0.2, 0.25) is 0 Å². The number of hydrogen-bond acceptors (Lipinski definition) is 9. The van der Waals surface area contributed by atoms with Crippen molar-refractivity contribution in [2.45, 2.75) is 25.1 Å². The minimum atomic E-state index is -0.777. The van der Waals surface area contributed by atoms with Gasteiger partial charge in [0, 0.05) is 0 Å². The fourth-order valence-electron chi connectivity index (χ4n) is 2.41. The number of carbonyl (C=O) groups excluding carboxylic acids is 4. The number of aromatic amines is 1. The van der Waals surface area contributed by atoms with Crippen molar-refractivity contribution < 1.29 is 23.9 Å². The van der Waals surface area contributed by atoms with Gasteiger partial charge in [0.05, 0.1) is 12.6 Å². The Hall–Kier alpha value is -3.32. The number of nitrogens with one attached hydrogen (secondary N) is 3. The van der Waals surface area contributed by atoms with Gasteiger partial charge in [0.15, 0.2) is 0 Å². The second kappa shape index (κ2) is 9.45. The Morgan fingerprint density at radius 3 is 2.70 bits per heavy atom. The number of H-pyrrole nitrogens is 1. The molecule has 0 spiro atoms. The van der Waals surface area contributed by atoms with Crippen LogP contribution in [0.25, 0.3) is 0 Å². The number of aromatic nitrogens is 3. The molecule has 1 aliphatic rings. The molecule has 2 aromatic rings. The molecule has 0 bridgehead atoms. The maximum absolute atomic E-state index is 11.9. The second-order valence-electron chi connectivity index (χ2n) is 6.10. The van der Waals surface area contributed by atoms with Crippen LogP contribution < -0.4 is 15.5 Å². The summed E-state index contributed by atoms with van der Waals surface area (Å²) < 4.78 is 6.85. The maximum Gasteiger partial charge on any atom is 0.312 e. The lowest BCUT2D eigenvalue weighted by Crippen LogP contribution is -2.27. The van der Waals surface area contributed by atoms with E-state index in [1.807, 2.05) is 0 Å². The summed E-state index contributed by atoms with van der Waals surface area (Å²) in [5.74, 6) is -0.626. The lowest BCUT2D eigenvalue weighted by Gasteiger charge is -2.06. The van der Waals surface area contributed by atoms with E-state index in [0.29, 0.717) is 11.4 Å². The number of amides is 3. The van der Waals surface area contributed by atoms with Crippen LogP contribution in [0.5, 0.6) is 5.75 Å². The molecule has 1 aliphatic heterocycles. The highest BCUT2D eigenvalue weighted by Gasteiger charge is 2.33. The Morgan fingerprint density at radius 1 is 1.37 bits per heavy atom. The molecular weight excluding hydrogens is 432 g/mol. The molecule has 1 saturated heterocycles. The van der Waals surface area contributed by atoms with Crippen molar-refractivity contribution in [1.29, 1.82) is 0 Å². The molecule has 3 amide bonds. The van der Waals surface area contributed by atoms with Crippen LogP contribution >= 0.6 is 24.0 Å². The van der Waals surface area contributed by atoms with Gasteiger partial charge in [-0.15, -0.1) is 0 Å². The predicted molar refractivity (Wildman–Crippen MR) is 109 cm³/mol. The summed E-state index contributed by atoms with van der Waals surface area (Å²) in [5.41, 5.74) is 3.03. The molecule has 1 aromatic carbocycles. The van der Waals surface area contributed by atoms with Crippen molar-refractivity contribution in [3.8, 4) is 5.75 Å². The topological polar surface area (TPSA) is 148 Å². The largest absolute Gasteiger partial charge is 0.426 e. The first-order chi connectivity index (χ1) is 14.3. The van der Waals surface area contributed by atoms with E-state index in [1.165, 1.54) is 10.9 Å². The lowest BCUT2D eigenvalue weighted by molar-refractivity contribution is -0.135. The Kier molecular flexibility index (Phi) is 6.74. The van der Waals surface area contributed by atoms with Crippen LogP contribution in [0.1, 0.15) is 17.8 Å². The van der Waals surface area contributed by atoms with Crippen LogP contribution in [-0.2, 0) is 20.9 Å². The summed E-state index contributed by atoms with van der Waals surface area (Å²) >= 11 is 5.77. The van der Waals surface area contributed by atoms with Crippen molar-refractivity contribution >= 4 is 53.2 Å². The van der Waals surface area contributed by atoms with E-state index >= 15 is 0 Å².